The third-order valence-electron chi connectivity index (χ3n) is 3.67. The Morgan fingerprint density at radius 2 is 1.90 bits per heavy atom. The smallest absolute Gasteiger partial charge is 0.123 e. The second-order valence-corrected chi connectivity index (χ2v) is 6.28. The minimum atomic E-state index is 0.412. The molecule has 0 amide bonds. The molecule has 1 N–H and O–H groups in total. The molecule has 0 aliphatic heterocycles. The zero-order valence-corrected chi connectivity index (χ0v) is 14.4. The number of nitrogens with one attached hydrogen (secondary N) is 1. The quantitative estimate of drug-likeness (QED) is 0.831. The van der Waals surface area contributed by atoms with Gasteiger partial charge in [0.15, 0.2) is 0 Å². The summed E-state index contributed by atoms with van der Waals surface area (Å²) in [4.78, 5) is 0. The molecule has 2 aromatic rings. The number of halogens is 1. The van der Waals surface area contributed by atoms with E-state index in [1.54, 1.807) is 7.11 Å². The molecule has 0 aliphatic carbocycles. The van der Waals surface area contributed by atoms with Crippen molar-refractivity contribution in [2.75, 3.05) is 7.11 Å². The summed E-state index contributed by atoms with van der Waals surface area (Å²) in [6.45, 7) is 5.19. The molecule has 0 heterocycles. The van der Waals surface area contributed by atoms with Gasteiger partial charge < -0.3 is 10.1 Å². The summed E-state index contributed by atoms with van der Waals surface area (Å²) in [6.07, 6.45) is 1.03. The van der Waals surface area contributed by atoms with Gasteiger partial charge in [0, 0.05) is 22.6 Å². The molecule has 0 bridgehead atoms. The molecule has 0 saturated heterocycles. The van der Waals surface area contributed by atoms with Crippen LogP contribution in [0.5, 0.6) is 5.75 Å². The van der Waals surface area contributed by atoms with E-state index in [9.17, 15) is 0 Å². The lowest BCUT2D eigenvalue weighted by molar-refractivity contribution is 0.405. The fourth-order valence-corrected chi connectivity index (χ4v) is 2.82. The Kier molecular flexibility index (Phi) is 5.83. The number of benzene rings is 2. The lowest BCUT2D eigenvalue weighted by atomic mass is 10.0. The van der Waals surface area contributed by atoms with Crippen LogP contribution in [0.4, 0.5) is 0 Å². The van der Waals surface area contributed by atoms with Gasteiger partial charge in [0.1, 0.15) is 5.75 Å². The van der Waals surface area contributed by atoms with E-state index in [0.717, 1.165) is 23.2 Å². The lowest BCUT2D eigenvalue weighted by Crippen LogP contribution is -2.28. The first-order valence-corrected chi connectivity index (χ1v) is 7.99. The molecule has 0 saturated carbocycles. The molecule has 0 aromatic heterocycles. The Morgan fingerprint density at radius 1 is 1.14 bits per heavy atom. The molecule has 0 radical (unpaired) electrons. The fourth-order valence-electron chi connectivity index (χ4n) is 2.41. The van der Waals surface area contributed by atoms with Crippen LogP contribution in [-0.4, -0.2) is 13.2 Å². The first-order valence-electron chi connectivity index (χ1n) is 7.20. The molecule has 3 heteroatoms. The Labute approximate surface area is 135 Å². The number of hydrogen-bond donors (Lipinski definition) is 1. The van der Waals surface area contributed by atoms with Gasteiger partial charge in [-0.1, -0.05) is 40.2 Å². The van der Waals surface area contributed by atoms with Gasteiger partial charge in [-0.2, -0.15) is 0 Å². The molecule has 2 nitrogen and oxygen atoms in total. The van der Waals surface area contributed by atoms with E-state index in [4.69, 9.17) is 4.74 Å². The third kappa shape index (κ3) is 4.58. The van der Waals surface area contributed by atoms with Gasteiger partial charge in [0.25, 0.3) is 0 Å². The highest BCUT2D eigenvalue weighted by molar-refractivity contribution is 9.10. The Bertz CT molecular complexity index is 598. The third-order valence-corrected chi connectivity index (χ3v) is 4.16. The second kappa shape index (κ2) is 7.62. The highest BCUT2D eigenvalue weighted by Crippen LogP contribution is 2.23. The SMILES string of the molecule is COc1ccc(Br)cc1CNC(C)Cc1ccccc1C. The lowest BCUT2D eigenvalue weighted by Gasteiger charge is -2.17. The van der Waals surface area contributed by atoms with Crippen molar-refractivity contribution >= 4 is 15.9 Å². The molecule has 1 unspecified atom stereocenters. The zero-order valence-electron chi connectivity index (χ0n) is 12.8. The first kappa shape index (κ1) is 16.1. The van der Waals surface area contributed by atoms with Crippen molar-refractivity contribution in [3.05, 3.63) is 63.6 Å². The van der Waals surface area contributed by atoms with Crippen LogP contribution in [0.25, 0.3) is 0 Å². The van der Waals surface area contributed by atoms with Gasteiger partial charge in [0.05, 0.1) is 7.11 Å². The number of rotatable bonds is 6. The molecular formula is C18H22BrNO. The average molecular weight is 348 g/mol. The monoisotopic (exact) mass is 347 g/mol. The molecular weight excluding hydrogens is 326 g/mol. The van der Waals surface area contributed by atoms with Crippen LogP contribution in [0.2, 0.25) is 0 Å². The van der Waals surface area contributed by atoms with Gasteiger partial charge in [-0.05, 0) is 49.6 Å². The van der Waals surface area contributed by atoms with Crippen molar-refractivity contribution in [1.29, 1.82) is 0 Å². The average Bonchev–Trinajstić information content (AvgIpc) is 2.48. The van der Waals surface area contributed by atoms with Crippen LogP contribution in [0, 0.1) is 6.92 Å². The Balaban J connectivity index is 1.97. The second-order valence-electron chi connectivity index (χ2n) is 5.37. The van der Waals surface area contributed by atoms with E-state index >= 15 is 0 Å². The standard InChI is InChI=1S/C18H22BrNO/c1-13-6-4-5-7-15(13)10-14(2)20-12-16-11-17(19)8-9-18(16)21-3/h4-9,11,14,20H,10,12H2,1-3H3. The molecule has 0 aliphatic rings. The van der Waals surface area contributed by atoms with Crippen LogP contribution in [0.1, 0.15) is 23.6 Å². The van der Waals surface area contributed by atoms with Crippen molar-refractivity contribution in [3.63, 3.8) is 0 Å². The van der Waals surface area contributed by atoms with Crippen molar-refractivity contribution in [1.82, 2.24) is 5.32 Å². The van der Waals surface area contributed by atoms with Crippen LogP contribution in [0.3, 0.4) is 0 Å². The maximum atomic E-state index is 5.41. The predicted molar refractivity (Wildman–Crippen MR) is 91.9 cm³/mol. The predicted octanol–water partition coefficient (Wildman–Crippen LogP) is 4.49. The molecule has 21 heavy (non-hydrogen) atoms. The Morgan fingerprint density at radius 3 is 2.62 bits per heavy atom. The summed E-state index contributed by atoms with van der Waals surface area (Å²) < 4.78 is 6.48. The Hall–Kier alpha value is -1.32. The highest BCUT2D eigenvalue weighted by atomic mass is 79.9. The first-order chi connectivity index (χ1) is 10.1. The number of hydrogen-bond acceptors (Lipinski definition) is 2. The van der Waals surface area contributed by atoms with Crippen LogP contribution in [-0.2, 0) is 13.0 Å². The summed E-state index contributed by atoms with van der Waals surface area (Å²) in [7, 11) is 1.71. The van der Waals surface area contributed by atoms with Gasteiger partial charge >= 0.3 is 0 Å². The summed E-state index contributed by atoms with van der Waals surface area (Å²) in [5.41, 5.74) is 3.92. The summed E-state index contributed by atoms with van der Waals surface area (Å²) in [6, 6.07) is 15.1. The van der Waals surface area contributed by atoms with Crippen LogP contribution in [0.15, 0.2) is 46.9 Å². The molecule has 2 rings (SSSR count). The topological polar surface area (TPSA) is 21.3 Å². The highest BCUT2D eigenvalue weighted by Gasteiger charge is 2.08. The maximum absolute atomic E-state index is 5.41. The van der Waals surface area contributed by atoms with E-state index in [-0.39, 0.29) is 0 Å². The largest absolute Gasteiger partial charge is 0.496 e. The van der Waals surface area contributed by atoms with Gasteiger partial charge in [0.2, 0.25) is 0 Å². The van der Waals surface area contributed by atoms with E-state index in [0.29, 0.717) is 6.04 Å². The zero-order chi connectivity index (χ0) is 15.2. The van der Waals surface area contributed by atoms with E-state index in [1.807, 2.05) is 12.1 Å². The molecule has 0 fully saturated rings. The number of methoxy groups -OCH3 is 1. The summed E-state index contributed by atoms with van der Waals surface area (Å²) >= 11 is 3.51. The minimum absolute atomic E-state index is 0.412. The summed E-state index contributed by atoms with van der Waals surface area (Å²) in [5.74, 6) is 0.925. The van der Waals surface area contributed by atoms with Crippen LogP contribution < -0.4 is 10.1 Å². The van der Waals surface area contributed by atoms with Crippen molar-refractivity contribution in [3.8, 4) is 5.75 Å². The molecule has 2 aromatic carbocycles. The maximum Gasteiger partial charge on any atom is 0.123 e. The van der Waals surface area contributed by atoms with Crippen molar-refractivity contribution < 1.29 is 4.74 Å². The van der Waals surface area contributed by atoms with Crippen molar-refractivity contribution in [2.24, 2.45) is 0 Å². The van der Waals surface area contributed by atoms with Crippen molar-refractivity contribution in [2.45, 2.75) is 32.9 Å². The van der Waals surface area contributed by atoms with Gasteiger partial charge in [-0.3, -0.25) is 0 Å². The fraction of sp³-hybridized carbons (Fsp3) is 0.333. The molecule has 0 spiro atoms. The van der Waals surface area contributed by atoms with Crippen LogP contribution >= 0.6 is 15.9 Å². The van der Waals surface area contributed by atoms with Gasteiger partial charge in [-0.25, -0.2) is 0 Å². The number of aryl methyl sites for hydroxylation is 1. The molecule has 112 valence electrons. The van der Waals surface area contributed by atoms with E-state index < -0.39 is 0 Å². The normalized spacial score (nSPS) is 12.2. The number of ether oxygens (including phenoxy) is 1. The van der Waals surface area contributed by atoms with Gasteiger partial charge in [-0.15, -0.1) is 0 Å². The minimum Gasteiger partial charge on any atom is -0.496 e. The molecule has 1 atom stereocenters. The van der Waals surface area contributed by atoms with E-state index in [1.165, 1.54) is 16.7 Å². The summed E-state index contributed by atoms with van der Waals surface area (Å²) in [5, 5.41) is 3.58. The van der Waals surface area contributed by atoms with E-state index in [2.05, 4.69) is 65.4 Å².